The SMILES string of the molecule is OC1=C=CC(OC(F)(F)F)=CC1. The van der Waals surface area contributed by atoms with Crippen molar-refractivity contribution in [3.63, 3.8) is 0 Å². The molecule has 0 spiro atoms. The smallest absolute Gasteiger partial charge is 0.504 e. The molecule has 66 valence electrons. The maximum atomic E-state index is 11.6. The average Bonchev–Trinajstić information content (AvgIpc) is 1.91. The number of aliphatic hydroxyl groups excluding tert-OH is 1. The van der Waals surface area contributed by atoms with Gasteiger partial charge in [0.05, 0.1) is 0 Å². The number of alkyl halides is 3. The Hall–Kier alpha value is -1.35. The van der Waals surface area contributed by atoms with Crippen molar-refractivity contribution in [2.75, 3.05) is 0 Å². The first-order valence-corrected chi connectivity index (χ1v) is 3.08. The second kappa shape index (κ2) is 2.95. The summed E-state index contributed by atoms with van der Waals surface area (Å²) in [6.07, 6.45) is -2.61. The Kier molecular flexibility index (Phi) is 2.15. The van der Waals surface area contributed by atoms with Gasteiger partial charge in [0.25, 0.3) is 0 Å². The van der Waals surface area contributed by atoms with Crippen molar-refractivity contribution < 1.29 is 23.0 Å². The molecule has 0 fully saturated rings. The molecule has 12 heavy (non-hydrogen) atoms. The summed E-state index contributed by atoms with van der Waals surface area (Å²) in [5.41, 5.74) is 2.21. The van der Waals surface area contributed by atoms with E-state index in [0.717, 1.165) is 12.2 Å². The Labute approximate surface area is 66.3 Å². The van der Waals surface area contributed by atoms with Gasteiger partial charge in [-0.1, -0.05) is 5.73 Å². The molecule has 1 N–H and O–H groups in total. The van der Waals surface area contributed by atoms with Crippen LogP contribution in [0.5, 0.6) is 0 Å². The minimum atomic E-state index is -4.68. The van der Waals surface area contributed by atoms with Crippen LogP contribution in [0.15, 0.2) is 29.4 Å². The Morgan fingerprint density at radius 1 is 1.50 bits per heavy atom. The molecular weight excluding hydrogens is 173 g/mol. The van der Waals surface area contributed by atoms with Crippen molar-refractivity contribution in [1.29, 1.82) is 0 Å². The molecule has 0 radical (unpaired) electrons. The first-order chi connectivity index (χ1) is 5.47. The van der Waals surface area contributed by atoms with Gasteiger partial charge in [-0.25, -0.2) is 0 Å². The zero-order valence-electron chi connectivity index (χ0n) is 5.85. The third kappa shape index (κ3) is 2.72. The van der Waals surface area contributed by atoms with Crippen LogP contribution < -0.4 is 0 Å². The van der Waals surface area contributed by atoms with E-state index in [2.05, 4.69) is 10.5 Å². The van der Waals surface area contributed by atoms with Gasteiger partial charge in [-0.15, -0.1) is 13.2 Å². The summed E-state index contributed by atoms with van der Waals surface area (Å²) < 4.78 is 38.2. The number of halogens is 3. The van der Waals surface area contributed by atoms with Crippen LogP contribution in [-0.4, -0.2) is 11.5 Å². The maximum Gasteiger partial charge on any atom is 0.573 e. The van der Waals surface area contributed by atoms with Gasteiger partial charge in [-0.05, 0) is 6.08 Å². The van der Waals surface area contributed by atoms with E-state index in [0.29, 0.717) is 0 Å². The summed E-state index contributed by atoms with van der Waals surface area (Å²) in [5.74, 6) is -0.454. The van der Waals surface area contributed by atoms with Crippen LogP contribution in [0.2, 0.25) is 0 Å². The number of ether oxygens (including phenoxy) is 1. The summed E-state index contributed by atoms with van der Waals surface area (Å²) in [5, 5.41) is 8.72. The summed E-state index contributed by atoms with van der Waals surface area (Å²) in [6.45, 7) is 0. The van der Waals surface area contributed by atoms with Crippen molar-refractivity contribution in [2.24, 2.45) is 0 Å². The average molecular weight is 178 g/mol. The van der Waals surface area contributed by atoms with Gasteiger partial charge in [0.1, 0.15) is 11.5 Å². The Bertz CT molecular complexity index is 269. The molecular formula is C7H5F3O2. The fourth-order valence-corrected chi connectivity index (χ4v) is 0.674. The topological polar surface area (TPSA) is 29.5 Å². The normalized spacial score (nSPS) is 16.9. The van der Waals surface area contributed by atoms with Gasteiger partial charge < -0.3 is 9.84 Å². The Balaban J connectivity index is 2.64. The molecule has 0 bridgehead atoms. The lowest BCUT2D eigenvalue weighted by atomic mass is 10.2. The van der Waals surface area contributed by atoms with Gasteiger partial charge in [-0.3, -0.25) is 0 Å². The van der Waals surface area contributed by atoms with E-state index < -0.39 is 6.36 Å². The molecule has 1 aliphatic rings. The highest BCUT2D eigenvalue weighted by atomic mass is 19.4. The van der Waals surface area contributed by atoms with E-state index in [1.54, 1.807) is 0 Å². The van der Waals surface area contributed by atoms with E-state index in [4.69, 9.17) is 5.11 Å². The molecule has 0 aromatic rings. The summed E-state index contributed by atoms with van der Waals surface area (Å²) in [7, 11) is 0. The molecule has 5 heteroatoms. The quantitative estimate of drug-likeness (QED) is 0.624. The van der Waals surface area contributed by atoms with E-state index in [1.807, 2.05) is 0 Å². The van der Waals surface area contributed by atoms with Crippen molar-refractivity contribution in [3.8, 4) is 0 Å². The molecule has 0 atom stereocenters. The van der Waals surface area contributed by atoms with Crippen LogP contribution in [0.1, 0.15) is 6.42 Å². The van der Waals surface area contributed by atoms with E-state index in [9.17, 15) is 13.2 Å². The number of hydrogen-bond acceptors (Lipinski definition) is 2. The van der Waals surface area contributed by atoms with Gasteiger partial charge in [0, 0.05) is 12.5 Å². The molecule has 0 saturated carbocycles. The number of allylic oxidation sites excluding steroid dienone is 1. The van der Waals surface area contributed by atoms with Gasteiger partial charge in [0.2, 0.25) is 0 Å². The Morgan fingerprint density at radius 2 is 2.17 bits per heavy atom. The third-order valence-electron chi connectivity index (χ3n) is 1.11. The lowest BCUT2D eigenvalue weighted by Crippen LogP contribution is -2.12. The number of hydrogen-bond donors (Lipinski definition) is 1. The lowest BCUT2D eigenvalue weighted by Gasteiger charge is -2.10. The van der Waals surface area contributed by atoms with E-state index >= 15 is 0 Å². The van der Waals surface area contributed by atoms with Crippen LogP contribution in [-0.2, 0) is 4.74 Å². The molecule has 0 unspecified atom stereocenters. The second-order valence-electron chi connectivity index (χ2n) is 2.09. The molecule has 2 nitrogen and oxygen atoms in total. The highest BCUT2D eigenvalue weighted by Crippen LogP contribution is 2.23. The second-order valence-corrected chi connectivity index (χ2v) is 2.09. The van der Waals surface area contributed by atoms with Gasteiger partial charge in [-0.2, -0.15) is 0 Å². The number of rotatable bonds is 1. The monoisotopic (exact) mass is 178 g/mol. The van der Waals surface area contributed by atoms with Crippen LogP contribution in [0.3, 0.4) is 0 Å². The predicted molar refractivity (Wildman–Crippen MR) is 34.1 cm³/mol. The molecule has 0 aromatic heterocycles. The maximum absolute atomic E-state index is 11.6. The number of aliphatic hydroxyl groups is 1. The zero-order chi connectivity index (χ0) is 9.19. The van der Waals surface area contributed by atoms with Crippen molar-refractivity contribution in [3.05, 3.63) is 29.4 Å². The fourth-order valence-electron chi connectivity index (χ4n) is 0.674. The van der Waals surface area contributed by atoms with Gasteiger partial charge >= 0.3 is 6.36 Å². The highest BCUT2D eigenvalue weighted by molar-refractivity contribution is 5.20. The molecule has 0 aromatic carbocycles. The molecule has 0 aliphatic heterocycles. The first-order valence-electron chi connectivity index (χ1n) is 3.08. The van der Waals surface area contributed by atoms with Crippen LogP contribution in [0.4, 0.5) is 13.2 Å². The largest absolute Gasteiger partial charge is 0.573 e. The van der Waals surface area contributed by atoms with Crippen LogP contribution in [0, 0.1) is 0 Å². The fraction of sp³-hybridized carbons (Fsp3) is 0.286. The van der Waals surface area contributed by atoms with Crippen molar-refractivity contribution in [2.45, 2.75) is 12.8 Å². The van der Waals surface area contributed by atoms with Crippen LogP contribution in [0.25, 0.3) is 0 Å². The zero-order valence-corrected chi connectivity index (χ0v) is 5.85. The van der Waals surface area contributed by atoms with Gasteiger partial charge in [0.15, 0.2) is 0 Å². The molecule has 0 saturated heterocycles. The molecule has 0 heterocycles. The minimum absolute atomic E-state index is 0.0158. The standard InChI is InChI=1S/C7H5F3O2/c8-7(9,10)12-6-3-1-5(11)2-4-6/h3-4,11H,1H2. The minimum Gasteiger partial charge on any atom is -0.504 e. The van der Waals surface area contributed by atoms with Crippen molar-refractivity contribution in [1.82, 2.24) is 0 Å². The molecule has 0 amide bonds. The van der Waals surface area contributed by atoms with Crippen molar-refractivity contribution >= 4 is 0 Å². The molecule has 1 rings (SSSR count). The lowest BCUT2D eigenvalue weighted by molar-refractivity contribution is -0.303. The molecule has 1 aliphatic carbocycles. The predicted octanol–water partition coefficient (Wildman–Crippen LogP) is 2.41. The highest BCUT2D eigenvalue weighted by Gasteiger charge is 2.31. The summed E-state index contributed by atoms with van der Waals surface area (Å²) in [6, 6.07) is 0. The Morgan fingerprint density at radius 3 is 2.58 bits per heavy atom. The third-order valence-corrected chi connectivity index (χ3v) is 1.11. The van der Waals surface area contributed by atoms with Crippen LogP contribution >= 0.6 is 0 Å². The summed E-state index contributed by atoms with van der Waals surface area (Å²) >= 11 is 0. The van der Waals surface area contributed by atoms with E-state index in [1.165, 1.54) is 0 Å². The van der Waals surface area contributed by atoms with E-state index in [-0.39, 0.29) is 17.9 Å². The summed E-state index contributed by atoms with van der Waals surface area (Å²) in [4.78, 5) is 0. The first kappa shape index (κ1) is 8.74.